The fraction of sp³-hybridized carbons (Fsp3) is 0.316. The van der Waals surface area contributed by atoms with E-state index in [4.69, 9.17) is 9.84 Å². The van der Waals surface area contributed by atoms with Gasteiger partial charge in [-0.15, -0.1) is 0 Å². The van der Waals surface area contributed by atoms with E-state index in [-0.39, 0.29) is 5.92 Å². The lowest BCUT2D eigenvalue weighted by Crippen LogP contribution is -2.09. The summed E-state index contributed by atoms with van der Waals surface area (Å²) < 4.78 is 5.85. The number of benzene rings is 2. The molecular weight excluding hydrogens is 276 g/mol. The summed E-state index contributed by atoms with van der Waals surface area (Å²) >= 11 is 0. The van der Waals surface area contributed by atoms with Crippen molar-refractivity contribution >= 4 is 5.97 Å². The molecule has 0 radical (unpaired) electrons. The molecule has 114 valence electrons. The number of rotatable bonds is 5. The molecule has 3 heteroatoms. The molecule has 2 atom stereocenters. The number of carboxylic acids is 1. The lowest BCUT2D eigenvalue weighted by molar-refractivity contribution is -0.141. The van der Waals surface area contributed by atoms with Gasteiger partial charge >= 0.3 is 5.97 Å². The standard InChI is InChI=1S/C19H20O3/c20-19(21)17-10-9-16(11-17)15-7-4-8-18(12-15)22-13-14-5-2-1-3-6-14/h1-8,12,16-17H,9-11,13H2,(H,20,21). The van der Waals surface area contributed by atoms with Gasteiger partial charge in [-0.25, -0.2) is 0 Å². The van der Waals surface area contributed by atoms with Crippen LogP contribution in [0.2, 0.25) is 0 Å². The van der Waals surface area contributed by atoms with Gasteiger partial charge in [0.05, 0.1) is 5.92 Å². The van der Waals surface area contributed by atoms with E-state index in [0.717, 1.165) is 30.6 Å². The summed E-state index contributed by atoms with van der Waals surface area (Å²) in [6.07, 6.45) is 2.45. The summed E-state index contributed by atoms with van der Waals surface area (Å²) in [4.78, 5) is 11.1. The molecule has 0 saturated heterocycles. The highest BCUT2D eigenvalue weighted by Gasteiger charge is 2.30. The molecule has 1 saturated carbocycles. The van der Waals surface area contributed by atoms with Gasteiger partial charge in [-0.05, 0) is 48.4 Å². The number of hydrogen-bond acceptors (Lipinski definition) is 2. The zero-order chi connectivity index (χ0) is 15.4. The molecule has 2 unspecified atom stereocenters. The normalized spacial score (nSPS) is 20.7. The Labute approximate surface area is 130 Å². The highest BCUT2D eigenvalue weighted by atomic mass is 16.5. The number of hydrogen-bond donors (Lipinski definition) is 1. The van der Waals surface area contributed by atoms with E-state index in [1.807, 2.05) is 42.5 Å². The third-order valence-electron chi connectivity index (χ3n) is 4.36. The number of ether oxygens (including phenoxy) is 1. The van der Waals surface area contributed by atoms with Crippen molar-refractivity contribution in [2.45, 2.75) is 31.8 Å². The summed E-state index contributed by atoms with van der Waals surface area (Å²) in [6.45, 7) is 0.548. The molecule has 3 nitrogen and oxygen atoms in total. The molecule has 0 amide bonds. The second-order valence-corrected chi connectivity index (χ2v) is 5.89. The van der Waals surface area contributed by atoms with Crippen molar-refractivity contribution in [3.63, 3.8) is 0 Å². The minimum atomic E-state index is -0.668. The van der Waals surface area contributed by atoms with Crippen molar-refractivity contribution in [3.05, 3.63) is 65.7 Å². The average molecular weight is 296 g/mol. The summed E-state index contributed by atoms with van der Waals surface area (Å²) in [5, 5.41) is 9.12. The van der Waals surface area contributed by atoms with Crippen LogP contribution in [0, 0.1) is 5.92 Å². The van der Waals surface area contributed by atoms with Crippen LogP contribution in [0.15, 0.2) is 54.6 Å². The molecule has 2 aromatic rings. The first-order valence-electron chi connectivity index (χ1n) is 7.72. The number of carbonyl (C=O) groups is 1. The third kappa shape index (κ3) is 3.48. The highest BCUT2D eigenvalue weighted by molar-refractivity contribution is 5.70. The molecule has 1 aliphatic rings. The molecule has 3 rings (SSSR count). The van der Waals surface area contributed by atoms with Gasteiger partial charge in [0.15, 0.2) is 0 Å². The van der Waals surface area contributed by atoms with Gasteiger partial charge in [-0.3, -0.25) is 4.79 Å². The fourth-order valence-corrected chi connectivity index (χ4v) is 3.11. The van der Waals surface area contributed by atoms with E-state index in [2.05, 4.69) is 12.1 Å². The predicted octanol–water partition coefficient (Wildman–Crippen LogP) is 4.23. The molecule has 0 spiro atoms. The Morgan fingerprint density at radius 3 is 2.64 bits per heavy atom. The van der Waals surface area contributed by atoms with Crippen molar-refractivity contribution in [1.82, 2.24) is 0 Å². The number of aliphatic carboxylic acids is 1. The van der Waals surface area contributed by atoms with Crippen molar-refractivity contribution in [3.8, 4) is 5.75 Å². The Kier molecular flexibility index (Phi) is 4.42. The molecule has 0 bridgehead atoms. The zero-order valence-corrected chi connectivity index (χ0v) is 12.4. The first-order valence-corrected chi connectivity index (χ1v) is 7.72. The molecular formula is C19H20O3. The summed E-state index contributed by atoms with van der Waals surface area (Å²) in [6, 6.07) is 18.1. The van der Waals surface area contributed by atoms with Crippen LogP contribution >= 0.6 is 0 Å². The van der Waals surface area contributed by atoms with Gasteiger partial charge in [-0.2, -0.15) is 0 Å². The van der Waals surface area contributed by atoms with Crippen LogP contribution in [0.3, 0.4) is 0 Å². The van der Waals surface area contributed by atoms with E-state index < -0.39 is 5.97 Å². The zero-order valence-electron chi connectivity index (χ0n) is 12.4. The smallest absolute Gasteiger partial charge is 0.306 e. The molecule has 22 heavy (non-hydrogen) atoms. The summed E-state index contributed by atoms with van der Waals surface area (Å²) in [7, 11) is 0. The summed E-state index contributed by atoms with van der Waals surface area (Å²) in [5.74, 6) is 0.319. The van der Waals surface area contributed by atoms with Gasteiger partial charge < -0.3 is 9.84 Å². The molecule has 0 heterocycles. The molecule has 0 aromatic heterocycles. The summed E-state index contributed by atoms with van der Waals surface area (Å²) in [5.41, 5.74) is 2.33. The molecule has 1 N–H and O–H groups in total. The van der Waals surface area contributed by atoms with Gasteiger partial charge in [0.25, 0.3) is 0 Å². The first-order chi connectivity index (χ1) is 10.7. The maximum absolute atomic E-state index is 11.1. The second kappa shape index (κ2) is 6.65. The predicted molar refractivity (Wildman–Crippen MR) is 84.9 cm³/mol. The van der Waals surface area contributed by atoms with Crippen LogP contribution < -0.4 is 4.74 Å². The Bertz CT molecular complexity index is 636. The van der Waals surface area contributed by atoms with E-state index in [1.54, 1.807) is 0 Å². The molecule has 2 aromatic carbocycles. The first kappa shape index (κ1) is 14.6. The van der Waals surface area contributed by atoms with Gasteiger partial charge in [0, 0.05) is 0 Å². The van der Waals surface area contributed by atoms with E-state index in [1.165, 1.54) is 5.56 Å². The van der Waals surface area contributed by atoms with Crippen LogP contribution in [0.5, 0.6) is 5.75 Å². The van der Waals surface area contributed by atoms with Crippen LogP contribution in [0.25, 0.3) is 0 Å². The Morgan fingerprint density at radius 2 is 1.91 bits per heavy atom. The Hall–Kier alpha value is -2.29. The minimum Gasteiger partial charge on any atom is -0.489 e. The largest absolute Gasteiger partial charge is 0.489 e. The quantitative estimate of drug-likeness (QED) is 0.898. The van der Waals surface area contributed by atoms with Crippen molar-refractivity contribution in [2.24, 2.45) is 5.92 Å². The molecule has 0 aliphatic heterocycles. The lowest BCUT2D eigenvalue weighted by Gasteiger charge is -2.12. The minimum absolute atomic E-state index is 0.195. The van der Waals surface area contributed by atoms with E-state index >= 15 is 0 Å². The fourth-order valence-electron chi connectivity index (χ4n) is 3.11. The lowest BCUT2D eigenvalue weighted by atomic mass is 9.96. The van der Waals surface area contributed by atoms with Crippen molar-refractivity contribution < 1.29 is 14.6 Å². The SMILES string of the molecule is O=C(O)C1CCC(c2cccc(OCc3ccccc3)c2)C1. The van der Waals surface area contributed by atoms with Crippen LogP contribution in [0.4, 0.5) is 0 Å². The average Bonchev–Trinajstić information content (AvgIpc) is 3.05. The monoisotopic (exact) mass is 296 g/mol. The number of carboxylic acid groups (broad SMARTS) is 1. The van der Waals surface area contributed by atoms with Gasteiger partial charge in [-0.1, -0.05) is 42.5 Å². The van der Waals surface area contributed by atoms with Gasteiger partial charge in [0.1, 0.15) is 12.4 Å². The van der Waals surface area contributed by atoms with Gasteiger partial charge in [0.2, 0.25) is 0 Å². The molecule has 1 fully saturated rings. The highest BCUT2D eigenvalue weighted by Crippen LogP contribution is 2.39. The van der Waals surface area contributed by atoms with Crippen LogP contribution in [-0.2, 0) is 11.4 Å². The Balaban J connectivity index is 1.64. The third-order valence-corrected chi connectivity index (χ3v) is 4.36. The topological polar surface area (TPSA) is 46.5 Å². The molecule has 1 aliphatic carbocycles. The van der Waals surface area contributed by atoms with E-state index in [0.29, 0.717) is 12.5 Å². The van der Waals surface area contributed by atoms with Crippen molar-refractivity contribution in [1.29, 1.82) is 0 Å². The van der Waals surface area contributed by atoms with Crippen molar-refractivity contribution in [2.75, 3.05) is 0 Å². The van der Waals surface area contributed by atoms with Crippen LogP contribution in [-0.4, -0.2) is 11.1 Å². The Morgan fingerprint density at radius 1 is 1.09 bits per heavy atom. The van der Waals surface area contributed by atoms with E-state index in [9.17, 15) is 4.79 Å². The maximum Gasteiger partial charge on any atom is 0.306 e. The van der Waals surface area contributed by atoms with Crippen LogP contribution in [0.1, 0.15) is 36.3 Å². The maximum atomic E-state index is 11.1. The second-order valence-electron chi connectivity index (χ2n) is 5.89.